The molecule has 9 heteroatoms. The first kappa shape index (κ1) is 15.5. The van der Waals surface area contributed by atoms with Crippen molar-refractivity contribution in [1.29, 1.82) is 0 Å². The average molecular weight is 374 g/mol. The molecule has 0 bridgehead atoms. The zero-order valence-electron chi connectivity index (χ0n) is 10.8. The molecule has 2 heterocycles. The molecule has 0 spiro atoms. The standard InChI is InChI=1S/C12H10BrClN4O3/c1-18-5-8(14)11(17-18)12(20)21-6-10(19)16-9-3-2-7(13)4-15-9/h2-5H,6H2,1H3,(H,15,16,19). The van der Waals surface area contributed by atoms with Gasteiger partial charge >= 0.3 is 5.97 Å². The molecule has 21 heavy (non-hydrogen) atoms. The number of hydrogen-bond donors (Lipinski definition) is 1. The third-order valence-corrected chi connectivity index (χ3v) is 3.05. The second-order valence-electron chi connectivity index (χ2n) is 3.99. The van der Waals surface area contributed by atoms with E-state index in [4.69, 9.17) is 16.3 Å². The van der Waals surface area contributed by atoms with Crippen LogP contribution in [0.25, 0.3) is 0 Å². The van der Waals surface area contributed by atoms with Crippen LogP contribution in [0.3, 0.4) is 0 Å². The number of nitrogens with one attached hydrogen (secondary N) is 1. The van der Waals surface area contributed by atoms with Crippen molar-refractivity contribution in [3.63, 3.8) is 0 Å². The summed E-state index contributed by atoms with van der Waals surface area (Å²) in [6, 6.07) is 3.34. The van der Waals surface area contributed by atoms with Gasteiger partial charge in [-0.3, -0.25) is 9.48 Å². The number of pyridine rings is 1. The summed E-state index contributed by atoms with van der Waals surface area (Å²) in [6.07, 6.45) is 3.00. The number of ether oxygens (including phenoxy) is 1. The lowest BCUT2D eigenvalue weighted by atomic mass is 10.4. The zero-order valence-corrected chi connectivity index (χ0v) is 13.2. The maximum absolute atomic E-state index is 11.7. The second kappa shape index (κ2) is 6.68. The summed E-state index contributed by atoms with van der Waals surface area (Å²) in [5, 5.41) is 6.50. The van der Waals surface area contributed by atoms with Crippen LogP contribution < -0.4 is 5.32 Å². The van der Waals surface area contributed by atoms with Crippen LogP contribution in [0, 0.1) is 0 Å². The number of halogens is 2. The molecule has 0 unspecified atom stereocenters. The van der Waals surface area contributed by atoms with Crippen molar-refractivity contribution >= 4 is 45.2 Å². The second-order valence-corrected chi connectivity index (χ2v) is 5.31. The van der Waals surface area contributed by atoms with Crippen LogP contribution in [-0.2, 0) is 16.6 Å². The molecular weight excluding hydrogens is 364 g/mol. The molecule has 1 N–H and O–H groups in total. The Morgan fingerprint density at radius 2 is 2.24 bits per heavy atom. The highest BCUT2D eigenvalue weighted by Crippen LogP contribution is 2.14. The smallest absolute Gasteiger partial charge is 0.360 e. The van der Waals surface area contributed by atoms with Crippen LogP contribution in [0.2, 0.25) is 5.02 Å². The summed E-state index contributed by atoms with van der Waals surface area (Å²) in [6.45, 7) is -0.455. The van der Waals surface area contributed by atoms with E-state index in [0.29, 0.717) is 5.82 Å². The Morgan fingerprint density at radius 1 is 1.48 bits per heavy atom. The summed E-state index contributed by atoms with van der Waals surface area (Å²) < 4.78 is 7.00. The molecule has 0 aliphatic rings. The van der Waals surface area contributed by atoms with Crippen molar-refractivity contribution in [3.8, 4) is 0 Å². The largest absolute Gasteiger partial charge is 0.451 e. The molecule has 0 atom stereocenters. The van der Waals surface area contributed by atoms with Gasteiger partial charge in [-0.2, -0.15) is 5.10 Å². The van der Waals surface area contributed by atoms with E-state index in [-0.39, 0.29) is 10.7 Å². The first-order valence-electron chi connectivity index (χ1n) is 5.73. The fourth-order valence-corrected chi connectivity index (χ4v) is 1.92. The van der Waals surface area contributed by atoms with Crippen molar-refractivity contribution < 1.29 is 14.3 Å². The lowest BCUT2D eigenvalue weighted by Crippen LogP contribution is -2.21. The maximum Gasteiger partial charge on any atom is 0.360 e. The molecule has 0 radical (unpaired) electrons. The van der Waals surface area contributed by atoms with Gasteiger partial charge in [0.25, 0.3) is 5.91 Å². The van der Waals surface area contributed by atoms with E-state index in [1.54, 1.807) is 19.2 Å². The molecule has 0 saturated heterocycles. The highest BCUT2D eigenvalue weighted by atomic mass is 79.9. The Labute approximate surface area is 133 Å². The number of amides is 1. The lowest BCUT2D eigenvalue weighted by Gasteiger charge is -2.05. The highest BCUT2D eigenvalue weighted by molar-refractivity contribution is 9.10. The van der Waals surface area contributed by atoms with E-state index in [1.807, 2.05) is 0 Å². The van der Waals surface area contributed by atoms with Crippen molar-refractivity contribution in [2.24, 2.45) is 7.05 Å². The molecule has 0 fully saturated rings. The third-order valence-electron chi connectivity index (χ3n) is 2.31. The monoisotopic (exact) mass is 372 g/mol. The number of aryl methyl sites for hydroxylation is 1. The normalized spacial score (nSPS) is 10.2. The Kier molecular flexibility index (Phi) is 4.92. The number of carbonyl (C=O) groups excluding carboxylic acids is 2. The first-order chi connectivity index (χ1) is 9.95. The molecule has 2 rings (SSSR count). The van der Waals surface area contributed by atoms with Gasteiger partial charge in [-0.15, -0.1) is 0 Å². The number of carbonyl (C=O) groups is 2. The minimum atomic E-state index is -0.764. The first-order valence-corrected chi connectivity index (χ1v) is 6.90. The fraction of sp³-hybridized carbons (Fsp3) is 0.167. The third kappa shape index (κ3) is 4.27. The van der Waals surface area contributed by atoms with Crippen molar-refractivity contribution in [3.05, 3.63) is 39.7 Å². The number of rotatable bonds is 4. The molecule has 0 aliphatic carbocycles. The summed E-state index contributed by atoms with van der Waals surface area (Å²) in [5.74, 6) is -0.917. The molecule has 7 nitrogen and oxygen atoms in total. The highest BCUT2D eigenvalue weighted by Gasteiger charge is 2.17. The van der Waals surface area contributed by atoms with Gasteiger partial charge in [0.05, 0.1) is 5.02 Å². The van der Waals surface area contributed by atoms with Crippen LogP contribution in [0.15, 0.2) is 29.0 Å². The summed E-state index contributed by atoms with van der Waals surface area (Å²) in [4.78, 5) is 27.3. The molecule has 0 aliphatic heterocycles. The molecule has 0 aromatic carbocycles. The van der Waals surface area contributed by atoms with Crippen LogP contribution in [-0.4, -0.2) is 33.2 Å². The number of hydrogen-bond acceptors (Lipinski definition) is 5. The Balaban J connectivity index is 1.88. The minimum Gasteiger partial charge on any atom is -0.451 e. The maximum atomic E-state index is 11.7. The van der Waals surface area contributed by atoms with E-state index in [2.05, 4.69) is 31.3 Å². The Morgan fingerprint density at radius 3 is 2.81 bits per heavy atom. The molecule has 110 valence electrons. The van der Waals surface area contributed by atoms with Gasteiger partial charge in [-0.25, -0.2) is 9.78 Å². The molecule has 2 aromatic rings. The van der Waals surface area contributed by atoms with Gasteiger partial charge in [0, 0.05) is 23.9 Å². The van der Waals surface area contributed by atoms with Crippen LogP contribution >= 0.6 is 27.5 Å². The summed E-state index contributed by atoms with van der Waals surface area (Å²) in [7, 11) is 1.62. The van der Waals surface area contributed by atoms with Gasteiger partial charge in [0.2, 0.25) is 0 Å². The zero-order chi connectivity index (χ0) is 15.4. The predicted octanol–water partition coefficient (Wildman–Crippen LogP) is 2.03. The summed E-state index contributed by atoms with van der Waals surface area (Å²) >= 11 is 9.03. The molecule has 1 amide bonds. The Hall–Kier alpha value is -1.93. The van der Waals surface area contributed by atoms with E-state index < -0.39 is 18.5 Å². The average Bonchev–Trinajstić information content (AvgIpc) is 2.78. The number of anilines is 1. The van der Waals surface area contributed by atoms with Gasteiger partial charge in [0.15, 0.2) is 12.3 Å². The molecule has 2 aromatic heterocycles. The van der Waals surface area contributed by atoms with Crippen molar-refractivity contribution in [2.45, 2.75) is 0 Å². The van der Waals surface area contributed by atoms with Gasteiger partial charge in [0.1, 0.15) is 5.82 Å². The summed E-state index contributed by atoms with van der Waals surface area (Å²) in [5.41, 5.74) is -0.0336. The predicted molar refractivity (Wildman–Crippen MR) is 79.1 cm³/mol. The van der Waals surface area contributed by atoms with Gasteiger partial charge in [-0.1, -0.05) is 11.6 Å². The number of esters is 1. The van der Waals surface area contributed by atoms with Gasteiger partial charge < -0.3 is 10.1 Å². The van der Waals surface area contributed by atoms with E-state index >= 15 is 0 Å². The number of nitrogens with zero attached hydrogens (tertiary/aromatic N) is 3. The Bertz CT molecular complexity index is 672. The minimum absolute atomic E-state index is 0.0336. The molecule has 0 saturated carbocycles. The lowest BCUT2D eigenvalue weighted by molar-refractivity contribution is -0.119. The van der Waals surface area contributed by atoms with E-state index in [1.165, 1.54) is 17.1 Å². The fourth-order valence-electron chi connectivity index (χ4n) is 1.43. The van der Waals surface area contributed by atoms with E-state index in [9.17, 15) is 9.59 Å². The van der Waals surface area contributed by atoms with E-state index in [0.717, 1.165) is 4.47 Å². The van der Waals surface area contributed by atoms with Gasteiger partial charge in [-0.05, 0) is 28.1 Å². The van der Waals surface area contributed by atoms with Crippen LogP contribution in [0.4, 0.5) is 5.82 Å². The topological polar surface area (TPSA) is 86.1 Å². The van der Waals surface area contributed by atoms with Crippen LogP contribution in [0.5, 0.6) is 0 Å². The molecular formula is C12H10BrClN4O3. The quantitative estimate of drug-likeness (QED) is 0.829. The van der Waals surface area contributed by atoms with Crippen LogP contribution in [0.1, 0.15) is 10.5 Å². The van der Waals surface area contributed by atoms with Crippen molar-refractivity contribution in [2.75, 3.05) is 11.9 Å². The SMILES string of the molecule is Cn1cc(Cl)c(C(=O)OCC(=O)Nc2ccc(Br)cn2)n1. The number of aromatic nitrogens is 3. The van der Waals surface area contributed by atoms with Crippen molar-refractivity contribution in [1.82, 2.24) is 14.8 Å².